The highest BCUT2D eigenvalue weighted by molar-refractivity contribution is 7.03. The Hall–Kier alpha value is -0.810. The Balaban J connectivity index is 2.34. The van der Waals surface area contributed by atoms with Crippen molar-refractivity contribution in [2.24, 2.45) is 5.41 Å². The molecule has 0 spiro atoms. The Morgan fingerprint density at radius 2 is 2.15 bits per heavy atom. The van der Waals surface area contributed by atoms with E-state index >= 15 is 0 Å². The van der Waals surface area contributed by atoms with Gasteiger partial charge in [-0.3, -0.25) is 0 Å². The lowest BCUT2D eigenvalue weighted by Gasteiger charge is -2.12. The maximum absolute atomic E-state index is 4.02. The molecule has 0 aliphatic rings. The Morgan fingerprint density at radius 3 is 2.69 bits per heavy atom. The molecule has 0 N–H and O–H groups in total. The number of hydrogen-bond donors (Lipinski definition) is 0. The van der Waals surface area contributed by atoms with Crippen LogP contribution in [0.3, 0.4) is 0 Å². The van der Waals surface area contributed by atoms with Gasteiger partial charge < -0.3 is 0 Å². The molecule has 1 aromatic rings. The second-order valence-electron chi connectivity index (χ2n) is 4.30. The van der Waals surface area contributed by atoms with Crippen molar-refractivity contribution in [3.8, 4) is 11.8 Å². The van der Waals surface area contributed by atoms with Crippen LogP contribution in [0.5, 0.6) is 0 Å². The third-order valence-corrected chi connectivity index (χ3v) is 2.15. The van der Waals surface area contributed by atoms with E-state index in [-0.39, 0.29) is 0 Å². The van der Waals surface area contributed by atoms with E-state index in [2.05, 4.69) is 37.0 Å². The first-order chi connectivity index (χ1) is 6.08. The molecule has 0 aliphatic heterocycles. The van der Waals surface area contributed by atoms with Crippen LogP contribution in [0.15, 0.2) is 11.6 Å². The molecule has 0 radical (unpaired) electrons. The maximum Gasteiger partial charge on any atom is 0.0448 e. The van der Waals surface area contributed by atoms with Crippen molar-refractivity contribution in [2.45, 2.75) is 33.6 Å². The summed E-state index contributed by atoms with van der Waals surface area (Å²) in [5, 5.41) is 2.05. The molecule has 0 amide bonds. The lowest BCUT2D eigenvalue weighted by molar-refractivity contribution is 0.428. The Bertz CT molecular complexity index is 295. The second kappa shape index (κ2) is 4.43. The number of rotatable bonds is 1. The fourth-order valence-corrected chi connectivity index (χ4v) is 1.34. The average molecular weight is 193 g/mol. The molecular weight excluding hydrogens is 178 g/mol. The van der Waals surface area contributed by atoms with Crippen molar-refractivity contribution in [2.75, 3.05) is 0 Å². The molecule has 1 heterocycles. The van der Waals surface area contributed by atoms with Crippen molar-refractivity contribution in [1.29, 1.82) is 0 Å². The van der Waals surface area contributed by atoms with Crippen LogP contribution >= 0.6 is 11.5 Å². The van der Waals surface area contributed by atoms with E-state index in [1.54, 1.807) is 0 Å². The molecule has 13 heavy (non-hydrogen) atoms. The van der Waals surface area contributed by atoms with Gasteiger partial charge in [-0.05, 0) is 22.5 Å². The molecule has 0 aromatic carbocycles. The van der Waals surface area contributed by atoms with Gasteiger partial charge in [0.15, 0.2) is 0 Å². The number of nitrogens with zero attached hydrogens (tertiary/aromatic N) is 1. The number of aromatic nitrogens is 1. The topological polar surface area (TPSA) is 12.9 Å². The minimum Gasteiger partial charge on any atom is -0.201 e. The van der Waals surface area contributed by atoms with Gasteiger partial charge in [0.25, 0.3) is 0 Å². The van der Waals surface area contributed by atoms with Crippen LogP contribution in [0.2, 0.25) is 0 Å². The zero-order valence-electron chi connectivity index (χ0n) is 8.42. The van der Waals surface area contributed by atoms with E-state index in [0.29, 0.717) is 5.41 Å². The quantitative estimate of drug-likeness (QED) is 0.624. The van der Waals surface area contributed by atoms with Crippen LogP contribution in [-0.2, 0) is 6.42 Å². The van der Waals surface area contributed by atoms with Crippen LogP contribution in [0.25, 0.3) is 0 Å². The number of hydrogen-bond acceptors (Lipinski definition) is 2. The smallest absolute Gasteiger partial charge is 0.0448 e. The molecule has 1 nitrogen and oxygen atoms in total. The maximum atomic E-state index is 4.02. The van der Waals surface area contributed by atoms with Gasteiger partial charge in [0.05, 0.1) is 0 Å². The first kappa shape index (κ1) is 10.3. The molecule has 0 unspecified atom stereocenters. The van der Waals surface area contributed by atoms with E-state index in [1.807, 2.05) is 11.6 Å². The minimum absolute atomic E-state index is 0.319. The van der Waals surface area contributed by atoms with Gasteiger partial charge in [0, 0.05) is 24.4 Å². The zero-order chi connectivity index (χ0) is 9.73. The Morgan fingerprint density at radius 1 is 1.38 bits per heavy atom. The van der Waals surface area contributed by atoms with Crippen LogP contribution < -0.4 is 0 Å². The average Bonchev–Trinajstić information content (AvgIpc) is 2.48. The molecule has 1 aromatic heterocycles. The van der Waals surface area contributed by atoms with E-state index in [1.165, 1.54) is 17.1 Å². The Kier molecular flexibility index (Phi) is 3.50. The van der Waals surface area contributed by atoms with E-state index in [4.69, 9.17) is 0 Å². The highest BCUT2D eigenvalue weighted by Crippen LogP contribution is 2.16. The third-order valence-electron chi connectivity index (χ3n) is 1.52. The summed E-state index contributed by atoms with van der Waals surface area (Å²) in [7, 11) is 0. The molecule has 0 fully saturated rings. The largest absolute Gasteiger partial charge is 0.201 e. The zero-order valence-corrected chi connectivity index (χ0v) is 9.24. The predicted octanol–water partition coefficient (Wildman–Crippen LogP) is 3.13. The van der Waals surface area contributed by atoms with Crippen molar-refractivity contribution in [3.05, 3.63) is 17.1 Å². The summed E-state index contributed by atoms with van der Waals surface area (Å²) in [6.07, 6.45) is 3.69. The molecule has 0 atom stereocenters. The van der Waals surface area contributed by atoms with Crippen molar-refractivity contribution < 1.29 is 0 Å². The van der Waals surface area contributed by atoms with Gasteiger partial charge in [0.2, 0.25) is 0 Å². The molecule has 0 saturated heterocycles. The van der Waals surface area contributed by atoms with E-state index in [0.717, 1.165) is 12.8 Å². The summed E-state index contributed by atoms with van der Waals surface area (Å²) in [5.74, 6) is 6.35. The minimum atomic E-state index is 0.319. The molecule has 0 bridgehead atoms. The molecular formula is C11H15NS. The summed E-state index contributed by atoms with van der Waals surface area (Å²) >= 11 is 1.49. The summed E-state index contributed by atoms with van der Waals surface area (Å²) in [6.45, 7) is 6.61. The van der Waals surface area contributed by atoms with Gasteiger partial charge >= 0.3 is 0 Å². The highest BCUT2D eigenvalue weighted by Gasteiger charge is 2.06. The predicted molar refractivity (Wildman–Crippen MR) is 57.7 cm³/mol. The van der Waals surface area contributed by atoms with Crippen LogP contribution in [-0.4, -0.2) is 4.37 Å². The summed E-state index contributed by atoms with van der Waals surface area (Å²) in [4.78, 5) is 0. The molecule has 0 saturated carbocycles. The van der Waals surface area contributed by atoms with Gasteiger partial charge in [-0.15, -0.1) is 5.92 Å². The summed E-state index contributed by atoms with van der Waals surface area (Å²) in [5.41, 5.74) is 1.55. The SMILES string of the molecule is CC(C)(C)CC#CCc1cnsc1. The van der Waals surface area contributed by atoms with Crippen molar-refractivity contribution >= 4 is 11.5 Å². The van der Waals surface area contributed by atoms with Crippen LogP contribution in [0.4, 0.5) is 0 Å². The summed E-state index contributed by atoms with van der Waals surface area (Å²) < 4.78 is 4.02. The molecule has 0 aliphatic carbocycles. The van der Waals surface area contributed by atoms with E-state index < -0.39 is 0 Å². The monoisotopic (exact) mass is 193 g/mol. The van der Waals surface area contributed by atoms with Crippen molar-refractivity contribution in [1.82, 2.24) is 4.37 Å². The van der Waals surface area contributed by atoms with Gasteiger partial charge in [0.1, 0.15) is 0 Å². The fraction of sp³-hybridized carbons (Fsp3) is 0.545. The van der Waals surface area contributed by atoms with E-state index in [9.17, 15) is 0 Å². The van der Waals surface area contributed by atoms with Gasteiger partial charge in [-0.2, -0.15) is 0 Å². The fourth-order valence-electron chi connectivity index (χ4n) is 0.806. The van der Waals surface area contributed by atoms with Crippen LogP contribution in [0, 0.1) is 17.3 Å². The second-order valence-corrected chi connectivity index (χ2v) is 4.96. The molecule has 70 valence electrons. The van der Waals surface area contributed by atoms with Gasteiger partial charge in [-0.1, -0.05) is 26.7 Å². The molecule has 2 heteroatoms. The standard InChI is InChI=1S/C11H15NS/c1-11(2,3)7-5-4-6-10-8-12-13-9-10/h8-9H,6-7H2,1-3H3. The molecule has 1 rings (SSSR count). The van der Waals surface area contributed by atoms with Gasteiger partial charge in [-0.25, -0.2) is 4.37 Å². The third kappa shape index (κ3) is 4.69. The van der Waals surface area contributed by atoms with Crippen LogP contribution in [0.1, 0.15) is 32.8 Å². The lowest BCUT2D eigenvalue weighted by Crippen LogP contribution is -2.02. The van der Waals surface area contributed by atoms with Crippen molar-refractivity contribution in [3.63, 3.8) is 0 Å². The normalized spacial score (nSPS) is 10.7. The first-order valence-corrected chi connectivity index (χ1v) is 5.25. The Labute approximate surface area is 84.4 Å². The first-order valence-electron chi connectivity index (χ1n) is 4.42. The lowest BCUT2D eigenvalue weighted by atomic mass is 9.93. The summed E-state index contributed by atoms with van der Waals surface area (Å²) in [6, 6.07) is 0. The highest BCUT2D eigenvalue weighted by atomic mass is 32.1.